The maximum Gasteiger partial charge on any atom is 0.488 e. The van der Waals surface area contributed by atoms with Gasteiger partial charge in [0.05, 0.1) is 32.0 Å². The maximum atomic E-state index is 11.0. The predicted octanol–water partition coefficient (Wildman–Crippen LogP) is 25.3. The van der Waals surface area contributed by atoms with Gasteiger partial charge in [0.25, 0.3) is 0 Å². The Hall–Kier alpha value is -9.95. The van der Waals surface area contributed by atoms with Gasteiger partial charge >= 0.3 is 13.1 Å². The van der Waals surface area contributed by atoms with E-state index in [1.54, 1.807) is 36.4 Å². The van der Waals surface area contributed by atoms with Crippen molar-refractivity contribution in [2.75, 3.05) is 26.4 Å². The molecular weight excluding hydrogens is 1440 g/mol. The molecule has 0 aliphatic rings. The molecule has 12 heteroatoms. The highest BCUT2D eigenvalue weighted by atomic mass is 79.9. The second-order valence-corrected chi connectivity index (χ2v) is 27.6. The van der Waals surface area contributed by atoms with Crippen molar-refractivity contribution in [2.24, 2.45) is 0 Å². The molecule has 0 atom stereocenters. The minimum Gasteiger partial charge on any atom is -0.508 e. The average molecular weight is 1540 g/mol. The van der Waals surface area contributed by atoms with Crippen LogP contribution in [0.5, 0.6) is 28.7 Å². The van der Waals surface area contributed by atoms with E-state index in [1.165, 1.54) is 90.3 Å². The second kappa shape index (κ2) is 45.4. The molecule has 12 aromatic carbocycles. The van der Waals surface area contributed by atoms with Gasteiger partial charge in [-0.15, -0.1) is 0 Å². The van der Waals surface area contributed by atoms with Crippen LogP contribution < -0.4 is 24.4 Å². The van der Waals surface area contributed by atoms with Crippen LogP contribution in [-0.4, -0.2) is 59.8 Å². The zero-order chi connectivity index (χ0) is 75.1. The van der Waals surface area contributed by atoms with Gasteiger partial charge < -0.3 is 39.2 Å². The SMILES string of the molecule is CCCCCOc1ccc(-c2ccc(-c3ccc(C(=O)O)cc3)cc2)cc1.CCCCCOc1ccc(-c2ccc(-c3ccc(C)cc3)cc2)cc1.CCCCCOc1ccc(-c2ccc(B(O)O)cc2)cc1.CCCCCOc1ccc(-c2ccc(Br)cc2)cc1.Oc1ccc(-c2ccc(Br)cc2)cc1. The second-order valence-electron chi connectivity index (χ2n) is 25.8. The van der Waals surface area contributed by atoms with Gasteiger partial charge in [-0.25, -0.2) is 4.79 Å². The van der Waals surface area contributed by atoms with Gasteiger partial charge in [-0.2, -0.15) is 0 Å². The summed E-state index contributed by atoms with van der Waals surface area (Å²) in [6.07, 6.45) is 14.1. The number of phenols is 1. The standard InChI is InChI=1S/C24H24O3.C24H26O.C17H21BO3.C17H19BrO.C12H9BrO/c1-2-3-4-17-27-23-15-13-21(14-16-23)19-7-5-18(6-8-19)20-9-11-22(12-10-20)24(25)26;1-3-4-5-18-25-24-16-14-23(15-17-24)22-12-10-21(11-13-22)20-8-6-19(2)7-9-20;1-2-3-4-13-21-17-11-7-15(8-12-17)14-5-9-16(10-6-14)18(19)20;1-2-3-4-13-19-17-11-7-15(8-12-17)14-5-9-16(18)10-6-14;13-11-5-1-9(2-6-11)10-3-7-12(14)8-4-10/h5-16H,2-4,17H2,1H3,(H,25,26);6-17H,3-5,18H2,1-2H3;5-12,19-20H,2-4,13H2,1H3;5-12H,2-4,13H2,1H3;1-8,14H. The number of phenolic OH excluding ortho intramolecular Hbond substituents is 1. The van der Waals surface area contributed by atoms with E-state index in [1.807, 2.05) is 109 Å². The average Bonchev–Trinajstić information content (AvgIpc) is 0.845. The Bertz CT molecular complexity index is 4360. The molecule has 0 saturated heterocycles. The van der Waals surface area contributed by atoms with E-state index in [9.17, 15) is 4.79 Å². The van der Waals surface area contributed by atoms with Crippen LogP contribution in [0.15, 0.2) is 300 Å². The molecule has 0 radical (unpaired) electrons. The highest BCUT2D eigenvalue weighted by molar-refractivity contribution is 9.10. The lowest BCUT2D eigenvalue weighted by Gasteiger charge is -2.08. The number of carboxylic acid groups (broad SMARTS) is 1. The predicted molar refractivity (Wildman–Crippen MR) is 449 cm³/mol. The molecule has 0 bridgehead atoms. The van der Waals surface area contributed by atoms with E-state index in [2.05, 4.69) is 212 Å². The Balaban J connectivity index is 0.000000170. The number of aryl methyl sites for hydroxylation is 1. The molecular formula is C94H99BBr2O9. The Morgan fingerprint density at radius 1 is 0.292 bits per heavy atom. The number of halogens is 2. The van der Waals surface area contributed by atoms with Crippen molar-refractivity contribution in [2.45, 2.75) is 112 Å². The van der Waals surface area contributed by atoms with Crippen molar-refractivity contribution in [1.82, 2.24) is 0 Å². The third-order valence-corrected chi connectivity index (χ3v) is 18.6. The number of hydrogen-bond acceptors (Lipinski definition) is 8. The Morgan fingerprint density at radius 3 is 0.717 bits per heavy atom. The number of unbranched alkanes of at least 4 members (excludes halogenated alkanes) is 8. The summed E-state index contributed by atoms with van der Waals surface area (Å²) in [5.74, 6) is 3.09. The summed E-state index contributed by atoms with van der Waals surface area (Å²) in [7, 11) is -1.42. The van der Waals surface area contributed by atoms with Crippen molar-refractivity contribution in [3.8, 4) is 107 Å². The lowest BCUT2D eigenvalue weighted by Crippen LogP contribution is -2.29. The van der Waals surface area contributed by atoms with Gasteiger partial charge in [0.15, 0.2) is 0 Å². The minimum absolute atomic E-state index is 0.297. The topological polar surface area (TPSA) is 135 Å². The molecule has 0 saturated carbocycles. The normalized spacial score (nSPS) is 10.5. The first kappa shape index (κ1) is 81.7. The number of hydrogen-bond donors (Lipinski definition) is 4. The van der Waals surface area contributed by atoms with Crippen LogP contribution in [0.3, 0.4) is 0 Å². The van der Waals surface area contributed by atoms with Crippen LogP contribution in [-0.2, 0) is 0 Å². The summed E-state index contributed by atoms with van der Waals surface area (Å²) in [5, 5.41) is 36.3. The summed E-state index contributed by atoms with van der Waals surface area (Å²) >= 11 is 6.84. The molecule has 12 rings (SSSR count). The molecule has 0 aromatic heterocycles. The smallest absolute Gasteiger partial charge is 0.488 e. The van der Waals surface area contributed by atoms with Crippen LogP contribution in [0, 0.1) is 6.92 Å². The first-order valence-electron chi connectivity index (χ1n) is 37.0. The number of ether oxygens (including phenoxy) is 4. The molecule has 0 heterocycles. The van der Waals surface area contributed by atoms with E-state index in [0.717, 1.165) is 129 Å². The van der Waals surface area contributed by atoms with Gasteiger partial charge in [0.1, 0.15) is 28.7 Å². The van der Waals surface area contributed by atoms with E-state index < -0.39 is 13.1 Å². The van der Waals surface area contributed by atoms with Crippen LogP contribution in [0.25, 0.3) is 77.9 Å². The van der Waals surface area contributed by atoms with E-state index in [4.69, 9.17) is 39.2 Å². The summed E-state index contributed by atoms with van der Waals surface area (Å²) in [6, 6.07) is 96.3. The number of aromatic hydroxyl groups is 1. The zero-order valence-corrected chi connectivity index (χ0v) is 64.9. The van der Waals surface area contributed by atoms with Crippen molar-refractivity contribution < 1.29 is 44.0 Å². The van der Waals surface area contributed by atoms with Crippen LogP contribution in [0.2, 0.25) is 0 Å². The first-order chi connectivity index (χ1) is 51.7. The molecule has 9 nitrogen and oxygen atoms in total. The lowest BCUT2D eigenvalue weighted by atomic mass is 9.80. The van der Waals surface area contributed by atoms with E-state index in [0.29, 0.717) is 16.8 Å². The highest BCUT2D eigenvalue weighted by Gasteiger charge is 2.11. The number of carbonyl (C=O) groups is 1. The Morgan fingerprint density at radius 2 is 0.491 bits per heavy atom. The van der Waals surface area contributed by atoms with E-state index in [-0.39, 0.29) is 0 Å². The fourth-order valence-corrected chi connectivity index (χ4v) is 11.7. The zero-order valence-electron chi connectivity index (χ0n) is 61.7. The van der Waals surface area contributed by atoms with Crippen LogP contribution in [0.1, 0.15) is 121 Å². The number of benzene rings is 12. The minimum atomic E-state index is -1.42. The van der Waals surface area contributed by atoms with Crippen molar-refractivity contribution in [3.05, 3.63) is 311 Å². The third kappa shape index (κ3) is 28.2. The van der Waals surface area contributed by atoms with Gasteiger partial charge in [0, 0.05) is 8.95 Å². The molecule has 546 valence electrons. The van der Waals surface area contributed by atoms with Crippen molar-refractivity contribution in [3.63, 3.8) is 0 Å². The van der Waals surface area contributed by atoms with Crippen LogP contribution >= 0.6 is 31.9 Å². The van der Waals surface area contributed by atoms with Crippen molar-refractivity contribution in [1.29, 1.82) is 0 Å². The van der Waals surface area contributed by atoms with Crippen molar-refractivity contribution >= 4 is 50.4 Å². The maximum absolute atomic E-state index is 11.0. The fraction of sp³-hybridized carbons (Fsp3) is 0.223. The molecule has 4 N–H and O–H groups in total. The summed E-state index contributed by atoms with van der Waals surface area (Å²) in [5.41, 5.74) is 18.2. The van der Waals surface area contributed by atoms with Crippen LogP contribution in [0.4, 0.5) is 0 Å². The molecule has 12 aromatic rings. The largest absolute Gasteiger partial charge is 0.508 e. The number of aromatic carboxylic acids is 1. The number of rotatable bonds is 29. The van der Waals surface area contributed by atoms with Gasteiger partial charge in [-0.1, -0.05) is 311 Å². The van der Waals surface area contributed by atoms with Gasteiger partial charge in [-0.3, -0.25) is 0 Å². The Kier molecular flexibility index (Phi) is 35.0. The highest BCUT2D eigenvalue weighted by Crippen LogP contribution is 2.31. The summed E-state index contributed by atoms with van der Waals surface area (Å²) in [6.45, 7) is 14.0. The van der Waals surface area contributed by atoms with Gasteiger partial charge in [0.2, 0.25) is 0 Å². The summed E-state index contributed by atoms with van der Waals surface area (Å²) in [4.78, 5) is 11.0. The first-order valence-corrected chi connectivity index (χ1v) is 38.6. The monoisotopic (exact) mass is 1540 g/mol. The quantitative estimate of drug-likeness (QED) is 0.0267. The molecule has 0 unspecified atom stereocenters. The molecule has 0 amide bonds. The third-order valence-electron chi connectivity index (χ3n) is 17.5. The van der Waals surface area contributed by atoms with Gasteiger partial charge in [-0.05, 0) is 213 Å². The number of carboxylic acids is 1. The lowest BCUT2D eigenvalue weighted by molar-refractivity contribution is 0.0696. The molecule has 106 heavy (non-hydrogen) atoms. The Labute approximate surface area is 646 Å². The molecule has 0 aliphatic carbocycles. The molecule has 0 fully saturated rings. The van der Waals surface area contributed by atoms with E-state index >= 15 is 0 Å². The molecule has 0 aliphatic heterocycles. The molecule has 0 spiro atoms. The summed E-state index contributed by atoms with van der Waals surface area (Å²) < 4.78 is 25.1. The fourth-order valence-electron chi connectivity index (χ4n) is 11.2.